The summed E-state index contributed by atoms with van der Waals surface area (Å²) in [7, 11) is 0. The van der Waals surface area contributed by atoms with Gasteiger partial charge in [0.05, 0.1) is 6.54 Å². The van der Waals surface area contributed by atoms with E-state index >= 15 is 0 Å². The minimum Gasteiger partial charge on any atom is -0.351 e. The molecule has 0 saturated heterocycles. The van der Waals surface area contributed by atoms with E-state index in [4.69, 9.17) is 0 Å². The van der Waals surface area contributed by atoms with Gasteiger partial charge in [0.1, 0.15) is 5.82 Å². The number of carbonyl (C=O) groups excluding carboxylic acids is 1. The van der Waals surface area contributed by atoms with Crippen LogP contribution in [-0.2, 0) is 17.8 Å². The third-order valence-electron chi connectivity index (χ3n) is 4.20. The summed E-state index contributed by atoms with van der Waals surface area (Å²) in [6.07, 6.45) is 6.50. The maximum atomic E-state index is 13.3. The fraction of sp³-hybridized carbons (Fsp3) is 0.368. The largest absolute Gasteiger partial charge is 0.351 e. The van der Waals surface area contributed by atoms with Crippen LogP contribution in [0.25, 0.3) is 0 Å². The van der Waals surface area contributed by atoms with Crippen LogP contribution in [0, 0.1) is 5.82 Å². The van der Waals surface area contributed by atoms with Crippen LogP contribution in [0.3, 0.4) is 0 Å². The zero-order valence-electron chi connectivity index (χ0n) is 13.6. The SMILES string of the molecule is O=C(CN(CCc1cccc(F)c1)C1CC1)NCc1cccnc1. The van der Waals surface area contributed by atoms with Crippen LogP contribution < -0.4 is 5.32 Å². The molecular weight excluding hydrogens is 305 g/mol. The van der Waals surface area contributed by atoms with E-state index < -0.39 is 0 Å². The van der Waals surface area contributed by atoms with Crippen molar-refractivity contribution in [3.8, 4) is 0 Å². The van der Waals surface area contributed by atoms with Crippen molar-refractivity contribution in [3.05, 3.63) is 65.7 Å². The van der Waals surface area contributed by atoms with E-state index in [2.05, 4.69) is 15.2 Å². The molecule has 4 nitrogen and oxygen atoms in total. The Balaban J connectivity index is 1.48. The van der Waals surface area contributed by atoms with Gasteiger partial charge in [0.25, 0.3) is 0 Å². The van der Waals surface area contributed by atoms with Crippen molar-refractivity contribution >= 4 is 5.91 Å². The van der Waals surface area contributed by atoms with Gasteiger partial charge in [-0.25, -0.2) is 4.39 Å². The van der Waals surface area contributed by atoms with Gasteiger partial charge in [-0.15, -0.1) is 0 Å². The predicted octanol–water partition coefficient (Wildman–Crippen LogP) is 2.54. The second-order valence-corrected chi connectivity index (χ2v) is 6.22. The van der Waals surface area contributed by atoms with Gasteiger partial charge in [-0.2, -0.15) is 0 Å². The molecule has 3 rings (SSSR count). The summed E-state index contributed by atoms with van der Waals surface area (Å²) >= 11 is 0. The van der Waals surface area contributed by atoms with Gasteiger partial charge in [-0.05, 0) is 48.6 Å². The van der Waals surface area contributed by atoms with E-state index in [9.17, 15) is 9.18 Å². The van der Waals surface area contributed by atoms with E-state index in [1.54, 1.807) is 24.5 Å². The number of nitrogens with one attached hydrogen (secondary N) is 1. The summed E-state index contributed by atoms with van der Waals surface area (Å²) in [6, 6.07) is 11.0. The Labute approximate surface area is 141 Å². The molecule has 1 aromatic heterocycles. The Kier molecular flexibility index (Phi) is 5.54. The Morgan fingerprint density at radius 3 is 2.79 bits per heavy atom. The molecule has 1 heterocycles. The monoisotopic (exact) mass is 327 g/mol. The summed E-state index contributed by atoms with van der Waals surface area (Å²) < 4.78 is 13.3. The molecule has 0 aliphatic heterocycles. The van der Waals surface area contributed by atoms with E-state index in [0.29, 0.717) is 19.1 Å². The topological polar surface area (TPSA) is 45.2 Å². The summed E-state index contributed by atoms with van der Waals surface area (Å²) in [5, 5.41) is 2.94. The van der Waals surface area contributed by atoms with Crippen molar-refractivity contribution in [1.29, 1.82) is 0 Å². The molecule has 126 valence electrons. The number of aromatic nitrogens is 1. The zero-order chi connectivity index (χ0) is 16.8. The minimum absolute atomic E-state index is 0.0185. The van der Waals surface area contributed by atoms with Crippen molar-refractivity contribution in [3.63, 3.8) is 0 Å². The number of nitrogens with zero attached hydrogens (tertiary/aromatic N) is 2. The second kappa shape index (κ2) is 8.02. The minimum atomic E-state index is -0.209. The number of amides is 1. The number of carbonyl (C=O) groups is 1. The van der Waals surface area contributed by atoms with Gasteiger partial charge in [0, 0.05) is 31.5 Å². The fourth-order valence-electron chi connectivity index (χ4n) is 2.74. The standard InChI is InChI=1S/C19H22FN3O/c20-17-5-1-3-15(11-17)8-10-23(18-6-7-18)14-19(24)22-13-16-4-2-9-21-12-16/h1-5,9,11-12,18H,6-8,10,13-14H2,(H,22,24). The lowest BCUT2D eigenvalue weighted by atomic mass is 10.1. The van der Waals surface area contributed by atoms with Crippen molar-refractivity contribution in [2.45, 2.75) is 31.8 Å². The molecule has 1 amide bonds. The first-order chi connectivity index (χ1) is 11.7. The molecule has 1 aromatic carbocycles. The summed E-state index contributed by atoms with van der Waals surface area (Å²) in [6.45, 7) is 1.66. The highest BCUT2D eigenvalue weighted by Gasteiger charge is 2.29. The number of hydrogen-bond donors (Lipinski definition) is 1. The van der Waals surface area contributed by atoms with E-state index in [-0.39, 0.29) is 11.7 Å². The summed E-state index contributed by atoms with van der Waals surface area (Å²) in [5.41, 5.74) is 1.96. The average Bonchev–Trinajstić information content (AvgIpc) is 3.43. The lowest BCUT2D eigenvalue weighted by Crippen LogP contribution is -2.39. The number of hydrogen-bond acceptors (Lipinski definition) is 3. The van der Waals surface area contributed by atoms with Gasteiger partial charge in [-0.3, -0.25) is 14.7 Å². The third kappa shape index (κ3) is 5.13. The number of halogens is 1. The molecule has 0 spiro atoms. The average molecular weight is 327 g/mol. The van der Waals surface area contributed by atoms with Crippen LogP contribution in [0.4, 0.5) is 4.39 Å². The van der Waals surface area contributed by atoms with E-state index in [0.717, 1.165) is 36.9 Å². The normalized spacial score (nSPS) is 13.9. The molecule has 0 radical (unpaired) electrons. The highest BCUT2D eigenvalue weighted by molar-refractivity contribution is 5.78. The van der Waals surface area contributed by atoms with Gasteiger partial charge in [0.15, 0.2) is 0 Å². The number of benzene rings is 1. The van der Waals surface area contributed by atoms with Crippen LogP contribution in [0.2, 0.25) is 0 Å². The van der Waals surface area contributed by atoms with Crippen molar-refractivity contribution in [2.24, 2.45) is 0 Å². The van der Waals surface area contributed by atoms with E-state index in [1.807, 2.05) is 18.2 Å². The van der Waals surface area contributed by atoms with Crippen LogP contribution in [0.15, 0.2) is 48.8 Å². The highest BCUT2D eigenvalue weighted by Crippen LogP contribution is 2.26. The van der Waals surface area contributed by atoms with Crippen LogP contribution >= 0.6 is 0 Å². The molecule has 1 fully saturated rings. The molecule has 1 aliphatic carbocycles. The Morgan fingerprint density at radius 1 is 1.25 bits per heavy atom. The summed E-state index contributed by atoms with van der Waals surface area (Å²) in [4.78, 5) is 18.4. The van der Waals surface area contributed by atoms with Crippen molar-refractivity contribution in [1.82, 2.24) is 15.2 Å². The lowest BCUT2D eigenvalue weighted by Gasteiger charge is -2.21. The highest BCUT2D eigenvalue weighted by atomic mass is 19.1. The second-order valence-electron chi connectivity index (χ2n) is 6.22. The zero-order valence-corrected chi connectivity index (χ0v) is 13.6. The van der Waals surface area contributed by atoms with Gasteiger partial charge >= 0.3 is 0 Å². The Bertz CT molecular complexity index is 673. The molecule has 2 aromatic rings. The Morgan fingerprint density at radius 2 is 2.08 bits per heavy atom. The molecule has 24 heavy (non-hydrogen) atoms. The molecule has 1 aliphatic rings. The first kappa shape index (κ1) is 16.6. The first-order valence-corrected chi connectivity index (χ1v) is 8.35. The van der Waals surface area contributed by atoms with Crippen molar-refractivity contribution < 1.29 is 9.18 Å². The van der Waals surface area contributed by atoms with Crippen LogP contribution in [0.1, 0.15) is 24.0 Å². The molecule has 0 unspecified atom stereocenters. The van der Waals surface area contributed by atoms with Crippen LogP contribution in [0.5, 0.6) is 0 Å². The van der Waals surface area contributed by atoms with Gasteiger partial charge < -0.3 is 5.32 Å². The quantitative estimate of drug-likeness (QED) is 0.810. The fourth-order valence-corrected chi connectivity index (χ4v) is 2.74. The molecule has 1 saturated carbocycles. The smallest absolute Gasteiger partial charge is 0.234 e. The van der Waals surface area contributed by atoms with Crippen LogP contribution in [-0.4, -0.2) is 34.9 Å². The van der Waals surface area contributed by atoms with Gasteiger partial charge in [0.2, 0.25) is 5.91 Å². The summed E-state index contributed by atoms with van der Waals surface area (Å²) in [5.74, 6) is -0.190. The lowest BCUT2D eigenvalue weighted by molar-refractivity contribution is -0.122. The maximum absolute atomic E-state index is 13.3. The molecular formula is C19H22FN3O. The molecule has 1 N–H and O–H groups in total. The number of pyridine rings is 1. The first-order valence-electron chi connectivity index (χ1n) is 8.35. The van der Waals surface area contributed by atoms with E-state index in [1.165, 1.54) is 6.07 Å². The molecule has 5 heteroatoms. The predicted molar refractivity (Wildman–Crippen MR) is 90.8 cm³/mol. The Hall–Kier alpha value is -2.27. The van der Waals surface area contributed by atoms with Gasteiger partial charge in [-0.1, -0.05) is 18.2 Å². The molecule has 0 bridgehead atoms. The maximum Gasteiger partial charge on any atom is 0.234 e. The third-order valence-corrected chi connectivity index (χ3v) is 4.20. The molecule has 0 atom stereocenters. The van der Waals surface area contributed by atoms with Crippen molar-refractivity contribution in [2.75, 3.05) is 13.1 Å². The number of rotatable bonds is 8.